The van der Waals surface area contributed by atoms with Crippen LogP contribution in [0, 0.1) is 5.82 Å². The van der Waals surface area contributed by atoms with Crippen molar-refractivity contribution in [3.05, 3.63) is 83.2 Å². The fourth-order valence-electron chi connectivity index (χ4n) is 7.20. The third kappa shape index (κ3) is 15.0. The molecule has 2 heterocycles. The molecule has 4 N–H and O–H groups in total. The lowest BCUT2D eigenvalue weighted by Gasteiger charge is -2.33. The van der Waals surface area contributed by atoms with Gasteiger partial charge in [0, 0.05) is 33.4 Å². The lowest BCUT2D eigenvalue weighted by Crippen LogP contribution is -2.59. The number of ether oxygens (including phenoxy) is 5. The molecule has 370 valence electrons. The van der Waals surface area contributed by atoms with Crippen LogP contribution in [0.5, 0.6) is 23.0 Å². The molecular weight excluding hydrogens is 884 g/mol. The van der Waals surface area contributed by atoms with Crippen LogP contribution in [0.4, 0.5) is 9.18 Å². The minimum Gasteiger partial charge on any atom is -0.494 e. The molecule has 0 radical (unpaired) electrons. The van der Waals surface area contributed by atoms with E-state index < -0.39 is 89.3 Å². The minimum absolute atomic E-state index is 0.0142. The Bertz CT molecular complexity index is 2290. The van der Waals surface area contributed by atoms with Crippen molar-refractivity contribution in [3.8, 4) is 23.0 Å². The number of nitrogens with one attached hydrogen (secondary N) is 4. The summed E-state index contributed by atoms with van der Waals surface area (Å²) in [6.45, 7) is 11.3. The predicted molar refractivity (Wildman–Crippen MR) is 249 cm³/mol. The van der Waals surface area contributed by atoms with Crippen molar-refractivity contribution in [1.29, 1.82) is 0 Å². The van der Waals surface area contributed by atoms with Crippen LogP contribution >= 0.6 is 0 Å². The molecule has 6 atom stereocenters. The summed E-state index contributed by atoms with van der Waals surface area (Å²) in [5.74, 6) is -3.74. The Labute approximate surface area is 396 Å². The van der Waals surface area contributed by atoms with Gasteiger partial charge < -0.3 is 54.8 Å². The first-order valence-corrected chi connectivity index (χ1v) is 22.4. The summed E-state index contributed by atoms with van der Waals surface area (Å²) in [4.78, 5) is 98.1. The average molecular weight is 949 g/mol. The van der Waals surface area contributed by atoms with Crippen LogP contribution < -0.4 is 35.5 Å². The number of fused-ring (bicyclic) bond motifs is 7. The van der Waals surface area contributed by atoms with Crippen molar-refractivity contribution >= 4 is 41.6 Å². The second kappa shape index (κ2) is 24.2. The number of nitrogens with zero attached hydrogens (tertiary/aromatic N) is 2. The van der Waals surface area contributed by atoms with Gasteiger partial charge in [-0.2, -0.15) is 0 Å². The van der Waals surface area contributed by atoms with E-state index in [1.165, 1.54) is 66.1 Å². The second-order valence-electron chi connectivity index (χ2n) is 17.7. The molecule has 4 bridgehead atoms. The molecule has 0 unspecified atom stereocenters. The van der Waals surface area contributed by atoms with Gasteiger partial charge >= 0.3 is 12.1 Å². The number of halogens is 1. The van der Waals surface area contributed by atoms with Crippen molar-refractivity contribution in [1.82, 2.24) is 31.1 Å². The highest BCUT2D eigenvalue weighted by Crippen LogP contribution is 2.33. The van der Waals surface area contributed by atoms with Crippen molar-refractivity contribution in [2.75, 3.05) is 34.9 Å². The first-order valence-electron chi connectivity index (χ1n) is 22.4. The van der Waals surface area contributed by atoms with Crippen molar-refractivity contribution in [2.24, 2.45) is 0 Å². The summed E-state index contributed by atoms with van der Waals surface area (Å²) in [7, 11) is 5.53. The highest BCUT2D eigenvalue weighted by Gasteiger charge is 2.37. The Morgan fingerprint density at radius 2 is 1.43 bits per heavy atom. The first kappa shape index (κ1) is 53.7. The van der Waals surface area contributed by atoms with Gasteiger partial charge in [0.1, 0.15) is 47.6 Å². The van der Waals surface area contributed by atoms with E-state index in [1.54, 1.807) is 63.2 Å². The maximum absolute atomic E-state index is 14.9. The highest BCUT2D eigenvalue weighted by atomic mass is 19.1. The number of likely N-dealkylation sites (N-methyl/N-ethyl adjacent to an activating group) is 2. The van der Waals surface area contributed by atoms with Crippen LogP contribution in [0.1, 0.15) is 78.0 Å². The monoisotopic (exact) mass is 948 g/mol. The van der Waals surface area contributed by atoms with Crippen LogP contribution in [-0.2, 0) is 57.5 Å². The van der Waals surface area contributed by atoms with Crippen molar-refractivity contribution in [3.63, 3.8) is 0 Å². The van der Waals surface area contributed by atoms with Gasteiger partial charge in [-0.1, -0.05) is 37.6 Å². The third-order valence-electron chi connectivity index (χ3n) is 11.1. The van der Waals surface area contributed by atoms with Gasteiger partial charge in [-0.15, -0.1) is 0 Å². The summed E-state index contributed by atoms with van der Waals surface area (Å²) >= 11 is 0. The van der Waals surface area contributed by atoms with Gasteiger partial charge in [0.15, 0.2) is 23.1 Å². The van der Waals surface area contributed by atoms with Crippen LogP contribution in [0.25, 0.3) is 0 Å². The summed E-state index contributed by atoms with van der Waals surface area (Å²) in [5.41, 5.74) is 0.736. The van der Waals surface area contributed by atoms with Gasteiger partial charge in [-0.05, 0) is 101 Å². The number of alkyl carbamates (subject to hydrolysis) is 1. The van der Waals surface area contributed by atoms with Gasteiger partial charge in [0.05, 0.1) is 20.8 Å². The van der Waals surface area contributed by atoms with E-state index in [0.717, 1.165) is 17.4 Å². The Balaban J connectivity index is 1.60. The number of unbranched alkanes of at least 4 members (excludes halogenated alkanes) is 1. The maximum atomic E-state index is 14.9. The molecule has 0 saturated carbocycles. The molecule has 18 nitrogen and oxygen atoms in total. The van der Waals surface area contributed by atoms with E-state index in [4.69, 9.17) is 23.7 Å². The topological polar surface area (TPSA) is 220 Å². The van der Waals surface area contributed by atoms with Gasteiger partial charge in [-0.25, -0.2) is 14.0 Å². The molecule has 0 aromatic heterocycles. The van der Waals surface area contributed by atoms with Crippen LogP contribution in [0.15, 0.2) is 60.7 Å². The number of amides is 6. The number of esters is 1. The van der Waals surface area contributed by atoms with Gasteiger partial charge in [0.25, 0.3) is 0 Å². The van der Waals surface area contributed by atoms with E-state index in [0.29, 0.717) is 40.4 Å². The largest absolute Gasteiger partial charge is 0.494 e. The number of methoxy groups -OCH3 is 2. The van der Waals surface area contributed by atoms with E-state index in [2.05, 4.69) is 21.3 Å². The molecule has 2 aliphatic rings. The lowest BCUT2D eigenvalue weighted by molar-refractivity contribution is -0.149. The fraction of sp³-hybridized carbons (Fsp3) is 0.490. The minimum atomic E-state index is -1.37. The Kier molecular flexibility index (Phi) is 19.1. The van der Waals surface area contributed by atoms with E-state index >= 15 is 0 Å². The number of hydrogen-bond donors (Lipinski definition) is 4. The zero-order valence-electron chi connectivity index (χ0n) is 40.7. The van der Waals surface area contributed by atoms with Crippen molar-refractivity contribution in [2.45, 2.75) is 122 Å². The molecule has 0 aliphatic carbocycles. The molecule has 6 amide bonds. The molecule has 0 fully saturated rings. The number of benzene rings is 3. The van der Waals surface area contributed by atoms with Crippen LogP contribution in [0.3, 0.4) is 0 Å². The molecule has 19 heteroatoms. The second-order valence-corrected chi connectivity index (χ2v) is 17.7. The average Bonchev–Trinajstić information content (AvgIpc) is 3.28. The Morgan fingerprint density at radius 3 is 2.04 bits per heavy atom. The SMILES string of the molecule is CCCCOC(=O)[C@@H]1Cc2ccc(OC)c(c2)Oc2ccc(cc2)C[C@H](N(C)C(=O)[C@H](C)NC(=O)[C@H](Cc2ccc(OC)c(F)c2)N(C)C(=O)[C@H](C)NC(=O)[C@@H](C)NC(=O)OC(C)(C)C)C(=O)N1. The number of rotatable bonds is 17. The quantitative estimate of drug-likeness (QED) is 0.110. The zero-order valence-corrected chi connectivity index (χ0v) is 40.7. The first-order chi connectivity index (χ1) is 32.0. The summed E-state index contributed by atoms with van der Waals surface area (Å²) < 4.78 is 42.4. The Morgan fingerprint density at radius 1 is 0.809 bits per heavy atom. The van der Waals surface area contributed by atoms with E-state index in [-0.39, 0.29) is 31.6 Å². The lowest BCUT2D eigenvalue weighted by atomic mass is 10.0. The Hall–Kier alpha value is -6.92. The molecule has 68 heavy (non-hydrogen) atoms. The van der Waals surface area contributed by atoms with E-state index in [1.807, 2.05) is 6.92 Å². The predicted octanol–water partition coefficient (Wildman–Crippen LogP) is 4.38. The molecule has 0 saturated heterocycles. The van der Waals surface area contributed by atoms with Gasteiger partial charge in [-0.3, -0.25) is 24.0 Å². The van der Waals surface area contributed by atoms with Crippen molar-refractivity contribution < 1.29 is 61.6 Å². The molecule has 2 aliphatic heterocycles. The third-order valence-corrected chi connectivity index (χ3v) is 11.1. The number of carbonyl (C=O) groups is 7. The standard InChI is InChI=1S/C49H65FN6O12/c1-12-13-22-66-47(62)36-24-33-17-21-40(65-11)41(27-33)67-34-18-14-31(15-19-34)25-37(44(59)54-36)55(8)46(61)30(4)52-43(58)38(26-32-16-20-39(64-10)35(50)23-32)56(9)45(60)29(3)51-42(57)28(2)53-48(63)68-49(5,6)7/h14-21,23,27-30,36-38H,12-13,22,24-26H2,1-11H3,(H,51,57)(H,52,58)(H,53,63)(H,54,59)/t28-,29+,30+,36+,37+,38+/m1/s1. The van der Waals surface area contributed by atoms with Crippen LogP contribution in [-0.4, -0.2) is 128 Å². The summed E-state index contributed by atoms with van der Waals surface area (Å²) in [6.07, 6.45) is 0.300. The maximum Gasteiger partial charge on any atom is 0.408 e. The molecular formula is C49H65FN6O12. The van der Waals surface area contributed by atoms with Gasteiger partial charge in [0.2, 0.25) is 29.5 Å². The normalized spacial score (nSPS) is 16.4. The molecule has 3 aromatic carbocycles. The summed E-state index contributed by atoms with van der Waals surface area (Å²) in [5, 5.41) is 10.4. The zero-order chi connectivity index (χ0) is 50.5. The molecule has 0 spiro atoms. The van der Waals surface area contributed by atoms with Crippen LogP contribution in [0.2, 0.25) is 0 Å². The molecule has 5 rings (SSSR count). The van der Waals surface area contributed by atoms with E-state index in [9.17, 15) is 38.0 Å². The molecule has 3 aromatic rings. The highest BCUT2D eigenvalue weighted by molar-refractivity contribution is 5.96. The smallest absolute Gasteiger partial charge is 0.408 e. The fourth-order valence-corrected chi connectivity index (χ4v) is 7.20. The summed E-state index contributed by atoms with van der Waals surface area (Å²) in [6, 6.07) is 8.68. The number of carbonyl (C=O) groups excluding carboxylic acids is 7. The number of hydrogen-bond acceptors (Lipinski definition) is 12.